The zero-order valence-corrected chi connectivity index (χ0v) is 17.5. The first kappa shape index (κ1) is 20.1. The van der Waals surface area contributed by atoms with Crippen LogP contribution >= 0.6 is 0 Å². The fourth-order valence-electron chi connectivity index (χ4n) is 3.45. The summed E-state index contributed by atoms with van der Waals surface area (Å²) >= 11 is 0. The monoisotopic (exact) mass is 385 g/mol. The molecule has 0 atom stereocenters. The van der Waals surface area contributed by atoms with E-state index >= 15 is 0 Å². The highest BCUT2D eigenvalue weighted by Gasteiger charge is 2.27. The smallest absolute Gasteiger partial charge is 0.410 e. The van der Waals surface area contributed by atoms with E-state index in [9.17, 15) is 9.90 Å². The molecular weight excluding hydrogens is 354 g/mol. The van der Waals surface area contributed by atoms with Crippen molar-refractivity contribution in [2.75, 3.05) is 37.6 Å². The highest BCUT2D eigenvalue weighted by Crippen LogP contribution is 2.29. The minimum atomic E-state index is -0.464. The topological polar surface area (TPSA) is 56.2 Å². The predicted molar refractivity (Wildman–Crippen MR) is 111 cm³/mol. The van der Waals surface area contributed by atoms with Crippen molar-refractivity contribution in [3.05, 3.63) is 47.3 Å². The first-order valence-electron chi connectivity index (χ1n) is 9.82. The van der Waals surface area contributed by atoms with Gasteiger partial charge in [0.1, 0.15) is 11.4 Å². The van der Waals surface area contributed by atoms with E-state index in [0.29, 0.717) is 18.8 Å². The van der Waals surface area contributed by atoms with Crippen LogP contribution in [-0.2, 0) is 4.74 Å². The van der Waals surface area contributed by atoms with Gasteiger partial charge >= 0.3 is 6.09 Å². The molecule has 2 aliphatic rings. The van der Waals surface area contributed by atoms with Crippen LogP contribution in [0.1, 0.15) is 33.3 Å². The van der Waals surface area contributed by atoms with Gasteiger partial charge < -0.3 is 24.5 Å². The lowest BCUT2D eigenvalue weighted by Crippen LogP contribution is -2.49. The van der Waals surface area contributed by atoms with Gasteiger partial charge in [0, 0.05) is 55.9 Å². The molecule has 0 unspecified atom stereocenters. The molecule has 0 aromatic heterocycles. The number of amides is 1. The van der Waals surface area contributed by atoms with E-state index in [2.05, 4.69) is 28.9 Å². The van der Waals surface area contributed by atoms with E-state index in [-0.39, 0.29) is 6.09 Å². The van der Waals surface area contributed by atoms with Crippen molar-refractivity contribution in [2.45, 2.75) is 40.2 Å². The second-order valence-corrected chi connectivity index (χ2v) is 8.45. The normalized spacial score (nSPS) is 18.0. The number of benzene rings is 1. The van der Waals surface area contributed by atoms with E-state index < -0.39 is 5.60 Å². The molecule has 28 heavy (non-hydrogen) atoms. The summed E-state index contributed by atoms with van der Waals surface area (Å²) in [6, 6.07) is 5.78. The average molecular weight is 386 g/mol. The summed E-state index contributed by atoms with van der Waals surface area (Å²) in [6.45, 7) is 13.3. The number of phenolic OH excluding ortho intramolecular Hbond substituents is 1. The van der Waals surface area contributed by atoms with Crippen LogP contribution in [0.15, 0.2) is 41.7 Å². The van der Waals surface area contributed by atoms with Gasteiger partial charge in [-0.05, 0) is 58.4 Å². The highest BCUT2D eigenvalue weighted by molar-refractivity contribution is 5.68. The maximum absolute atomic E-state index is 12.2. The molecule has 0 aliphatic carbocycles. The third kappa shape index (κ3) is 4.61. The number of anilines is 1. The van der Waals surface area contributed by atoms with Gasteiger partial charge in [0.25, 0.3) is 0 Å². The Morgan fingerprint density at radius 2 is 1.79 bits per heavy atom. The second kappa shape index (κ2) is 7.78. The number of aromatic hydroxyl groups is 1. The van der Waals surface area contributed by atoms with Crippen molar-refractivity contribution in [1.29, 1.82) is 0 Å². The maximum atomic E-state index is 12.2. The zero-order chi connectivity index (χ0) is 20.5. The fourth-order valence-corrected chi connectivity index (χ4v) is 3.45. The van der Waals surface area contributed by atoms with Crippen molar-refractivity contribution in [3.8, 4) is 5.75 Å². The Bertz CT molecular complexity index is 800. The molecule has 1 fully saturated rings. The minimum absolute atomic E-state index is 0.234. The summed E-state index contributed by atoms with van der Waals surface area (Å²) in [5.41, 5.74) is 3.72. The van der Waals surface area contributed by atoms with Gasteiger partial charge in [0.2, 0.25) is 0 Å². The van der Waals surface area contributed by atoms with Gasteiger partial charge in [0.15, 0.2) is 0 Å². The Hall–Kier alpha value is -2.63. The summed E-state index contributed by atoms with van der Waals surface area (Å²) in [5, 5.41) is 10.0. The van der Waals surface area contributed by atoms with E-state index in [0.717, 1.165) is 36.6 Å². The molecule has 3 rings (SSSR count). The number of piperazine rings is 1. The molecule has 1 amide bonds. The van der Waals surface area contributed by atoms with Crippen LogP contribution in [0, 0.1) is 6.92 Å². The van der Waals surface area contributed by atoms with Crippen molar-refractivity contribution in [2.24, 2.45) is 0 Å². The molecule has 1 aromatic carbocycles. The van der Waals surface area contributed by atoms with Crippen molar-refractivity contribution < 1.29 is 14.6 Å². The molecule has 6 nitrogen and oxygen atoms in total. The van der Waals surface area contributed by atoms with E-state index in [1.54, 1.807) is 4.90 Å². The van der Waals surface area contributed by atoms with Crippen LogP contribution in [0.25, 0.3) is 0 Å². The van der Waals surface area contributed by atoms with Gasteiger partial charge in [-0.2, -0.15) is 0 Å². The van der Waals surface area contributed by atoms with Crippen LogP contribution in [0.3, 0.4) is 0 Å². The number of nitrogens with zero attached hydrogens (tertiary/aromatic N) is 3. The number of hydrogen-bond donors (Lipinski definition) is 1. The molecule has 2 heterocycles. The van der Waals surface area contributed by atoms with Crippen molar-refractivity contribution >= 4 is 11.8 Å². The number of hydrogen-bond acceptors (Lipinski definition) is 5. The average Bonchev–Trinajstić information content (AvgIpc) is 2.63. The lowest BCUT2D eigenvalue weighted by atomic mass is 10.1. The zero-order valence-electron chi connectivity index (χ0n) is 17.5. The third-order valence-electron chi connectivity index (χ3n) is 5.07. The van der Waals surface area contributed by atoms with E-state index in [4.69, 9.17) is 4.74 Å². The van der Waals surface area contributed by atoms with E-state index in [1.165, 1.54) is 5.70 Å². The number of rotatable bonds is 2. The molecule has 1 aromatic rings. The number of phenols is 1. The summed E-state index contributed by atoms with van der Waals surface area (Å²) < 4.78 is 5.47. The van der Waals surface area contributed by atoms with Crippen molar-refractivity contribution in [3.63, 3.8) is 0 Å². The second-order valence-electron chi connectivity index (χ2n) is 8.45. The standard InChI is InChI=1S/C22H31N3O3/c1-16-6-7-19(15-20(16)26)25-9-8-18(14-17(25)2)23-10-12-24(13-11-23)21(27)28-22(3,4)5/h6-8,14-15,26H,9-13H2,1-5H3. The fraction of sp³-hybridized carbons (Fsp3) is 0.500. The van der Waals surface area contributed by atoms with Gasteiger partial charge in [-0.3, -0.25) is 0 Å². The Morgan fingerprint density at radius 1 is 1.11 bits per heavy atom. The van der Waals surface area contributed by atoms with Crippen LogP contribution in [-0.4, -0.2) is 59.3 Å². The Balaban J connectivity index is 1.60. The SMILES string of the molecule is CC1=CC(N2CCN(C(=O)OC(C)(C)C)CC2)=CCN1c1ccc(C)c(O)c1. The molecule has 0 spiro atoms. The van der Waals surface area contributed by atoms with Crippen molar-refractivity contribution in [1.82, 2.24) is 9.80 Å². The number of carbonyl (C=O) groups is 1. The van der Waals surface area contributed by atoms with Gasteiger partial charge in [-0.1, -0.05) is 6.07 Å². The van der Waals surface area contributed by atoms with Crippen LogP contribution in [0.2, 0.25) is 0 Å². The lowest BCUT2D eigenvalue weighted by molar-refractivity contribution is 0.0171. The summed E-state index contributed by atoms with van der Waals surface area (Å²) in [7, 11) is 0. The first-order valence-corrected chi connectivity index (χ1v) is 9.82. The Labute approximate surface area is 167 Å². The third-order valence-corrected chi connectivity index (χ3v) is 5.07. The number of allylic oxidation sites excluding steroid dienone is 2. The van der Waals surface area contributed by atoms with Crippen LogP contribution in [0.5, 0.6) is 5.75 Å². The summed E-state index contributed by atoms with van der Waals surface area (Å²) in [6.07, 6.45) is 4.14. The summed E-state index contributed by atoms with van der Waals surface area (Å²) in [5.74, 6) is 0.318. The quantitative estimate of drug-likeness (QED) is 0.838. The Kier molecular flexibility index (Phi) is 5.59. The summed E-state index contributed by atoms with van der Waals surface area (Å²) in [4.78, 5) is 18.5. The maximum Gasteiger partial charge on any atom is 0.410 e. The number of ether oxygens (including phenoxy) is 1. The molecule has 0 bridgehead atoms. The Morgan fingerprint density at radius 3 is 2.36 bits per heavy atom. The molecule has 6 heteroatoms. The van der Waals surface area contributed by atoms with Crippen LogP contribution in [0.4, 0.5) is 10.5 Å². The molecule has 0 saturated carbocycles. The first-order chi connectivity index (χ1) is 13.1. The molecule has 1 saturated heterocycles. The van der Waals surface area contributed by atoms with E-state index in [1.807, 2.05) is 45.9 Å². The number of carbonyl (C=O) groups excluding carboxylic acids is 1. The van der Waals surface area contributed by atoms with Gasteiger partial charge in [0.05, 0.1) is 0 Å². The number of aryl methyl sites for hydroxylation is 1. The van der Waals surface area contributed by atoms with Crippen LogP contribution < -0.4 is 4.90 Å². The molecular formula is C22H31N3O3. The minimum Gasteiger partial charge on any atom is -0.508 e. The highest BCUT2D eigenvalue weighted by atomic mass is 16.6. The molecule has 152 valence electrons. The molecule has 2 aliphatic heterocycles. The molecule has 1 N–H and O–H groups in total. The van der Waals surface area contributed by atoms with Gasteiger partial charge in [-0.15, -0.1) is 0 Å². The predicted octanol–water partition coefficient (Wildman–Crippen LogP) is 3.86. The van der Waals surface area contributed by atoms with Gasteiger partial charge in [-0.25, -0.2) is 4.79 Å². The lowest BCUT2D eigenvalue weighted by Gasteiger charge is -2.39. The largest absolute Gasteiger partial charge is 0.508 e. The molecule has 0 radical (unpaired) electrons.